The number of fused-ring (bicyclic) bond motifs is 1. The van der Waals surface area contributed by atoms with Crippen LogP contribution >= 0.6 is 0 Å². The highest BCUT2D eigenvalue weighted by molar-refractivity contribution is 6.00. The summed E-state index contributed by atoms with van der Waals surface area (Å²) in [6.45, 7) is 1.63. The number of aromatic nitrogens is 1. The number of hydrogen-bond acceptors (Lipinski definition) is 4. The van der Waals surface area contributed by atoms with Crippen molar-refractivity contribution in [1.29, 1.82) is 0 Å². The van der Waals surface area contributed by atoms with Gasteiger partial charge in [0.2, 0.25) is 0 Å². The molecule has 1 saturated heterocycles. The minimum absolute atomic E-state index is 0.0123. The molecule has 1 aliphatic rings. The van der Waals surface area contributed by atoms with E-state index in [1.165, 1.54) is 6.42 Å². The average Bonchev–Trinajstić information content (AvgIpc) is 2.74. The van der Waals surface area contributed by atoms with Crippen LogP contribution in [0.4, 0.5) is 11.4 Å². The second-order valence-corrected chi connectivity index (χ2v) is 6.78. The highest BCUT2D eigenvalue weighted by Gasteiger charge is 2.20. The van der Waals surface area contributed by atoms with E-state index in [0.29, 0.717) is 5.69 Å². The van der Waals surface area contributed by atoms with E-state index in [9.17, 15) is 4.79 Å². The van der Waals surface area contributed by atoms with Crippen molar-refractivity contribution < 1.29 is 9.53 Å². The van der Waals surface area contributed by atoms with Gasteiger partial charge in [-0.2, -0.15) is 0 Å². The van der Waals surface area contributed by atoms with Gasteiger partial charge in [-0.15, -0.1) is 0 Å². The first-order valence-corrected chi connectivity index (χ1v) is 9.35. The average molecular weight is 361 g/mol. The molecule has 5 nitrogen and oxygen atoms in total. The Morgan fingerprint density at radius 1 is 1.04 bits per heavy atom. The Balaban J connectivity index is 1.70. The largest absolute Gasteiger partial charge is 0.497 e. The molecule has 0 unspecified atom stereocenters. The number of carbonyl (C=O) groups excluding carboxylic acids is 1. The molecule has 1 aromatic heterocycles. The number of hydrogen-bond donors (Lipinski definition) is 1. The molecule has 0 saturated carbocycles. The molecule has 0 aliphatic carbocycles. The van der Waals surface area contributed by atoms with Crippen LogP contribution in [0.2, 0.25) is 0 Å². The number of nitrogens with zero attached hydrogens (tertiary/aromatic N) is 2. The Morgan fingerprint density at radius 2 is 1.78 bits per heavy atom. The summed E-state index contributed by atoms with van der Waals surface area (Å²) in [5, 5.41) is 4.42. The molecular weight excluding hydrogens is 338 g/mol. The number of piperidine rings is 1. The number of carbonyl (C=O) groups is 1. The minimum Gasteiger partial charge on any atom is -0.497 e. The third-order valence-electron chi connectivity index (χ3n) is 4.95. The van der Waals surface area contributed by atoms with Gasteiger partial charge in [-0.1, -0.05) is 18.2 Å². The SMILES string of the molecule is COc1ccc(Nc2cc(C(=O)N3CCCCC3)nc3ccccc23)cc1. The maximum absolute atomic E-state index is 13.0. The van der Waals surface area contributed by atoms with Crippen LogP contribution in [0.25, 0.3) is 10.9 Å². The first kappa shape index (κ1) is 17.3. The number of rotatable bonds is 4. The number of ether oxygens (including phenoxy) is 1. The molecule has 3 aromatic rings. The predicted octanol–water partition coefficient (Wildman–Crippen LogP) is 4.61. The highest BCUT2D eigenvalue weighted by Crippen LogP contribution is 2.28. The number of likely N-dealkylation sites (tertiary alicyclic amines) is 1. The van der Waals surface area contributed by atoms with Crippen LogP contribution in [0.15, 0.2) is 54.6 Å². The third-order valence-corrected chi connectivity index (χ3v) is 4.95. The molecule has 1 amide bonds. The van der Waals surface area contributed by atoms with Crippen molar-refractivity contribution >= 4 is 28.2 Å². The number of methoxy groups -OCH3 is 1. The molecular formula is C22H23N3O2. The van der Waals surface area contributed by atoms with Crippen molar-refractivity contribution in [2.75, 3.05) is 25.5 Å². The van der Waals surface area contributed by atoms with Crippen LogP contribution in [0.5, 0.6) is 5.75 Å². The fourth-order valence-corrected chi connectivity index (χ4v) is 3.48. The molecule has 4 rings (SSSR count). The Kier molecular flexibility index (Phi) is 4.92. The predicted molar refractivity (Wildman–Crippen MR) is 108 cm³/mol. The first-order chi connectivity index (χ1) is 13.2. The topological polar surface area (TPSA) is 54.5 Å². The van der Waals surface area contributed by atoms with Gasteiger partial charge in [0.05, 0.1) is 18.3 Å². The summed E-state index contributed by atoms with van der Waals surface area (Å²) >= 11 is 0. The second-order valence-electron chi connectivity index (χ2n) is 6.78. The lowest BCUT2D eigenvalue weighted by Gasteiger charge is -2.26. The highest BCUT2D eigenvalue weighted by atomic mass is 16.5. The Labute approximate surface area is 159 Å². The van der Waals surface area contributed by atoms with Gasteiger partial charge in [-0.3, -0.25) is 4.79 Å². The van der Waals surface area contributed by atoms with Crippen LogP contribution < -0.4 is 10.1 Å². The van der Waals surface area contributed by atoms with Gasteiger partial charge >= 0.3 is 0 Å². The number of amides is 1. The van der Waals surface area contributed by atoms with Gasteiger partial charge in [-0.05, 0) is 55.7 Å². The molecule has 1 N–H and O–H groups in total. The Hall–Kier alpha value is -3.08. The van der Waals surface area contributed by atoms with Crippen molar-refractivity contribution in [3.63, 3.8) is 0 Å². The molecule has 0 radical (unpaired) electrons. The number of pyridine rings is 1. The van der Waals surface area contributed by atoms with Crippen LogP contribution in [-0.2, 0) is 0 Å². The van der Waals surface area contributed by atoms with Gasteiger partial charge in [0, 0.05) is 24.2 Å². The first-order valence-electron chi connectivity index (χ1n) is 9.35. The lowest BCUT2D eigenvalue weighted by atomic mass is 10.1. The van der Waals surface area contributed by atoms with E-state index in [1.807, 2.05) is 59.5 Å². The fraction of sp³-hybridized carbons (Fsp3) is 0.273. The van der Waals surface area contributed by atoms with Crippen LogP contribution in [0.1, 0.15) is 29.8 Å². The van der Waals surface area contributed by atoms with Gasteiger partial charge < -0.3 is 15.0 Å². The summed E-state index contributed by atoms with van der Waals surface area (Å²) < 4.78 is 5.22. The summed E-state index contributed by atoms with van der Waals surface area (Å²) in [4.78, 5) is 19.5. The van der Waals surface area contributed by atoms with E-state index in [-0.39, 0.29) is 5.91 Å². The van der Waals surface area contributed by atoms with Crippen molar-refractivity contribution in [2.24, 2.45) is 0 Å². The lowest BCUT2D eigenvalue weighted by molar-refractivity contribution is 0.0719. The fourth-order valence-electron chi connectivity index (χ4n) is 3.48. The summed E-state index contributed by atoms with van der Waals surface area (Å²) in [7, 11) is 1.65. The van der Waals surface area contributed by atoms with E-state index in [1.54, 1.807) is 7.11 Å². The zero-order valence-corrected chi connectivity index (χ0v) is 15.4. The van der Waals surface area contributed by atoms with E-state index in [0.717, 1.165) is 54.0 Å². The number of nitrogens with one attached hydrogen (secondary N) is 1. The number of anilines is 2. The molecule has 2 aromatic carbocycles. The summed E-state index contributed by atoms with van der Waals surface area (Å²) in [5.41, 5.74) is 3.12. The normalized spacial score (nSPS) is 14.2. The smallest absolute Gasteiger partial charge is 0.272 e. The maximum atomic E-state index is 13.0. The van der Waals surface area contributed by atoms with Crippen molar-refractivity contribution in [1.82, 2.24) is 9.88 Å². The van der Waals surface area contributed by atoms with Gasteiger partial charge in [0.25, 0.3) is 5.91 Å². The molecule has 1 aliphatic heterocycles. The summed E-state index contributed by atoms with van der Waals surface area (Å²) in [6, 6.07) is 17.5. The second kappa shape index (κ2) is 7.66. The van der Waals surface area contributed by atoms with Crippen LogP contribution in [0, 0.1) is 0 Å². The van der Waals surface area contributed by atoms with Gasteiger partial charge in [-0.25, -0.2) is 4.98 Å². The third kappa shape index (κ3) is 3.72. The molecule has 0 atom stereocenters. The van der Waals surface area contributed by atoms with Crippen molar-refractivity contribution in [2.45, 2.75) is 19.3 Å². The van der Waals surface area contributed by atoms with Crippen LogP contribution in [-0.4, -0.2) is 36.0 Å². The molecule has 27 heavy (non-hydrogen) atoms. The van der Waals surface area contributed by atoms with E-state index in [4.69, 9.17) is 4.74 Å². The van der Waals surface area contributed by atoms with Gasteiger partial charge in [0.15, 0.2) is 0 Å². The van der Waals surface area contributed by atoms with Crippen molar-refractivity contribution in [3.05, 3.63) is 60.3 Å². The number of benzene rings is 2. The van der Waals surface area contributed by atoms with E-state index < -0.39 is 0 Å². The Bertz CT molecular complexity index is 947. The molecule has 2 heterocycles. The quantitative estimate of drug-likeness (QED) is 0.737. The molecule has 0 bridgehead atoms. The summed E-state index contributed by atoms with van der Waals surface area (Å²) in [5.74, 6) is 0.819. The van der Waals surface area contributed by atoms with Crippen molar-refractivity contribution in [3.8, 4) is 5.75 Å². The molecule has 5 heteroatoms. The molecule has 1 fully saturated rings. The molecule has 0 spiro atoms. The minimum atomic E-state index is 0.0123. The van der Waals surface area contributed by atoms with Crippen LogP contribution in [0.3, 0.4) is 0 Å². The Morgan fingerprint density at radius 3 is 2.52 bits per heavy atom. The zero-order valence-electron chi connectivity index (χ0n) is 15.4. The monoisotopic (exact) mass is 361 g/mol. The van der Waals surface area contributed by atoms with E-state index >= 15 is 0 Å². The lowest BCUT2D eigenvalue weighted by Crippen LogP contribution is -2.36. The standard InChI is InChI=1S/C22H23N3O2/c1-27-17-11-9-16(10-12-17)23-20-15-21(22(26)25-13-5-2-6-14-25)24-19-8-4-3-7-18(19)20/h3-4,7-12,15H,2,5-6,13-14H2,1H3,(H,23,24). The number of para-hydroxylation sites is 1. The van der Waals surface area contributed by atoms with E-state index in [2.05, 4.69) is 10.3 Å². The zero-order chi connectivity index (χ0) is 18.6. The van der Waals surface area contributed by atoms with Gasteiger partial charge in [0.1, 0.15) is 11.4 Å². The summed E-state index contributed by atoms with van der Waals surface area (Å²) in [6.07, 6.45) is 3.33. The maximum Gasteiger partial charge on any atom is 0.272 e. The molecule has 138 valence electrons.